The average molecular weight is 368 g/mol. The van der Waals surface area contributed by atoms with E-state index in [0.29, 0.717) is 19.6 Å². The fraction of sp³-hybridized carbons (Fsp3) is 0.476. The summed E-state index contributed by atoms with van der Waals surface area (Å²) in [6.45, 7) is 16.4. The van der Waals surface area contributed by atoms with Gasteiger partial charge in [-0.25, -0.2) is 11.4 Å². The Bertz CT molecular complexity index is 808. The third-order valence-electron chi connectivity index (χ3n) is 3.99. The van der Waals surface area contributed by atoms with Crippen LogP contribution < -0.4 is 5.32 Å². The zero-order chi connectivity index (χ0) is 19.9. The van der Waals surface area contributed by atoms with Crippen LogP contribution in [0.5, 0.6) is 0 Å². The summed E-state index contributed by atoms with van der Waals surface area (Å²) in [5.74, 6) is 0. The minimum atomic E-state index is -0.552. The van der Waals surface area contributed by atoms with E-state index in [9.17, 15) is 4.79 Å². The molecule has 0 bridgehead atoms. The molecule has 2 rings (SSSR count). The van der Waals surface area contributed by atoms with Gasteiger partial charge in [-0.05, 0) is 50.8 Å². The van der Waals surface area contributed by atoms with Crippen LogP contribution in [0.3, 0.4) is 0 Å². The van der Waals surface area contributed by atoms with E-state index in [0.717, 1.165) is 10.8 Å². The first-order chi connectivity index (χ1) is 12.8. The predicted octanol–water partition coefficient (Wildman–Crippen LogP) is 3.87. The van der Waals surface area contributed by atoms with E-state index in [1.54, 1.807) is 11.1 Å². The Morgan fingerprint density at radius 3 is 2.81 bits per heavy atom. The van der Waals surface area contributed by atoms with Crippen molar-refractivity contribution in [3.63, 3.8) is 0 Å². The molecule has 6 nitrogen and oxygen atoms in total. The second-order valence-electron chi connectivity index (χ2n) is 7.65. The van der Waals surface area contributed by atoms with E-state index in [1.165, 1.54) is 5.56 Å². The van der Waals surface area contributed by atoms with E-state index in [4.69, 9.17) is 11.3 Å². The number of amides is 1. The average Bonchev–Trinajstić information content (AvgIpc) is 2.61. The van der Waals surface area contributed by atoms with Crippen LogP contribution in [0.1, 0.15) is 33.3 Å². The maximum Gasteiger partial charge on any atom is 0.410 e. The van der Waals surface area contributed by atoms with Crippen LogP contribution in [-0.4, -0.2) is 47.3 Å². The molecule has 0 saturated heterocycles. The molecule has 2 aromatic rings. The topological polar surface area (TPSA) is 58.8 Å². The molecule has 1 amide bonds. The number of ether oxygens (including phenoxy) is 1. The maximum atomic E-state index is 12.4. The first-order valence-corrected chi connectivity index (χ1v) is 9.15. The summed E-state index contributed by atoms with van der Waals surface area (Å²) in [5, 5.41) is 5.72. The van der Waals surface area contributed by atoms with Crippen LogP contribution in [0.25, 0.3) is 15.6 Å². The molecular weight excluding hydrogens is 340 g/mol. The molecule has 1 N–H and O–H groups in total. The minimum absolute atomic E-state index is 0.0661. The van der Waals surface area contributed by atoms with Gasteiger partial charge in [-0.3, -0.25) is 9.88 Å². The molecule has 144 valence electrons. The van der Waals surface area contributed by atoms with Gasteiger partial charge in [0, 0.05) is 36.9 Å². The van der Waals surface area contributed by atoms with Crippen molar-refractivity contribution in [2.24, 2.45) is 0 Å². The van der Waals surface area contributed by atoms with Crippen molar-refractivity contribution in [3.05, 3.63) is 53.6 Å². The highest BCUT2D eigenvalue weighted by Gasteiger charge is 2.23. The Balaban J connectivity index is 1.94. The summed E-state index contributed by atoms with van der Waals surface area (Å²) in [6.07, 6.45) is 3.27. The van der Waals surface area contributed by atoms with Gasteiger partial charge in [0.15, 0.2) is 0 Å². The zero-order valence-electron chi connectivity index (χ0n) is 16.5. The van der Waals surface area contributed by atoms with Gasteiger partial charge in [0.25, 0.3) is 0 Å². The Kier molecular flexibility index (Phi) is 7.14. The number of pyridine rings is 1. The Labute approximate surface area is 161 Å². The Hall–Kier alpha value is -2.65. The van der Waals surface area contributed by atoms with Crippen LogP contribution in [0.2, 0.25) is 0 Å². The molecule has 0 radical (unpaired) electrons. The summed E-state index contributed by atoms with van der Waals surface area (Å²) in [6, 6.07) is 8.34. The van der Waals surface area contributed by atoms with Crippen molar-refractivity contribution in [1.82, 2.24) is 15.2 Å². The normalized spacial score (nSPS) is 12.4. The number of aromatic nitrogens is 1. The SMILES string of the molecule is [C-]#[N+]CCN(C[C@@H](C)NCc1ccc2cnccc2c1)C(=O)OC(C)(C)C. The lowest BCUT2D eigenvalue weighted by Gasteiger charge is -2.28. The molecule has 0 unspecified atom stereocenters. The predicted molar refractivity (Wildman–Crippen MR) is 107 cm³/mol. The third kappa shape index (κ3) is 6.87. The Morgan fingerprint density at radius 1 is 1.33 bits per heavy atom. The molecule has 0 saturated carbocycles. The number of nitrogens with zero attached hydrogens (tertiary/aromatic N) is 3. The molecule has 6 heteroatoms. The van der Waals surface area contributed by atoms with Gasteiger partial charge in [0.05, 0.1) is 6.54 Å². The van der Waals surface area contributed by atoms with E-state index in [2.05, 4.69) is 33.3 Å². The summed E-state index contributed by atoms with van der Waals surface area (Å²) < 4.78 is 5.46. The number of fused-ring (bicyclic) bond motifs is 1. The van der Waals surface area contributed by atoms with Gasteiger partial charge in [-0.2, -0.15) is 0 Å². The largest absolute Gasteiger partial charge is 0.444 e. The van der Waals surface area contributed by atoms with Crippen LogP contribution >= 0.6 is 0 Å². The second kappa shape index (κ2) is 9.33. The van der Waals surface area contributed by atoms with Gasteiger partial charge in [-0.1, -0.05) is 12.1 Å². The highest BCUT2D eigenvalue weighted by molar-refractivity contribution is 5.81. The van der Waals surface area contributed by atoms with Crippen molar-refractivity contribution in [3.8, 4) is 0 Å². The third-order valence-corrected chi connectivity index (χ3v) is 3.99. The second-order valence-corrected chi connectivity index (χ2v) is 7.65. The quantitative estimate of drug-likeness (QED) is 0.754. The minimum Gasteiger partial charge on any atom is -0.444 e. The van der Waals surface area contributed by atoms with Gasteiger partial charge in [0.2, 0.25) is 6.54 Å². The zero-order valence-corrected chi connectivity index (χ0v) is 16.5. The lowest BCUT2D eigenvalue weighted by atomic mass is 10.1. The van der Waals surface area contributed by atoms with E-state index >= 15 is 0 Å². The summed E-state index contributed by atoms with van der Waals surface area (Å²) >= 11 is 0. The highest BCUT2D eigenvalue weighted by Crippen LogP contribution is 2.15. The monoisotopic (exact) mass is 368 g/mol. The highest BCUT2D eigenvalue weighted by atomic mass is 16.6. The molecule has 1 heterocycles. The number of hydrogen-bond acceptors (Lipinski definition) is 4. The van der Waals surface area contributed by atoms with Crippen molar-refractivity contribution in [2.45, 2.75) is 45.9 Å². The molecule has 0 spiro atoms. The molecule has 1 aromatic heterocycles. The lowest BCUT2D eigenvalue weighted by Crippen LogP contribution is -2.45. The molecule has 0 fully saturated rings. The van der Waals surface area contributed by atoms with Crippen molar-refractivity contribution >= 4 is 16.9 Å². The standard InChI is InChI=1S/C21H28N4O2/c1-16(15-25(11-10-22-5)20(26)27-21(2,3)4)24-13-17-6-7-19-14-23-9-8-18(19)12-17/h6-9,12,14,16,24H,10-11,13,15H2,1-4H3/t16-/m1/s1. The van der Waals surface area contributed by atoms with Gasteiger partial charge >= 0.3 is 6.09 Å². The van der Waals surface area contributed by atoms with Gasteiger partial charge in [0.1, 0.15) is 5.60 Å². The van der Waals surface area contributed by atoms with Crippen LogP contribution in [0.15, 0.2) is 36.7 Å². The fourth-order valence-corrected chi connectivity index (χ4v) is 2.68. The Morgan fingerprint density at radius 2 is 2.11 bits per heavy atom. The van der Waals surface area contributed by atoms with E-state index in [1.807, 2.05) is 40.0 Å². The van der Waals surface area contributed by atoms with Gasteiger partial charge < -0.3 is 14.9 Å². The van der Waals surface area contributed by atoms with Crippen molar-refractivity contribution < 1.29 is 9.53 Å². The van der Waals surface area contributed by atoms with Crippen LogP contribution in [0, 0.1) is 6.57 Å². The first-order valence-electron chi connectivity index (χ1n) is 9.15. The first kappa shape index (κ1) is 20.7. The van der Waals surface area contributed by atoms with Crippen molar-refractivity contribution in [1.29, 1.82) is 0 Å². The lowest BCUT2D eigenvalue weighted by molar-refractivity contribution is 0.0244. The molecule has 0 aliphatic rings. The summed E-state index contributed by atoms with van der Waals surface area (Å²) in [5.41, 5.74) is 0.620. The molecule has 1 atom stereocenters. The number of benzene rings is 1. The molecule has 1 aromatic carbocycles. The number of carbonyl (C=O) groups is 1. The fourth-order valence-electron chi connectivity index (χ4n) is 2.68. The molecule has 0 aliphatic heterocycles. The van der Waals surface area contributed by atoms with E-state index in [-0.39, 0.29) is 18.7 Å². The number of nitrogens with one attached hydrogen (secondary N) is 1. The molecular formula is C21H28N4O2. The maximum absolute atomic E-state index is 12.4. The van der Waals surface area contributed by atoms with Crippen LogP contribution in [0.4, 0.5) is 4.79 Å². The van der Waals surface area contributed by atoms with Crippen molar-refractivity contribution in [2.75, 3.05) is 19.6 Å². The summed E-state index contributed by atoms with van der Waals surface area (Å²) in [4.78, 5) is 21.5. The summed E-state index contributed by atoms with van der Waals surface area (Å²) in [7, 11) is 0. The molecule has 27 heavy (non-hydrogen) atoms. The van der Waals surface area contributed by atoms with Gasteiger partial charge in [-0.15, -0.1) is 0 Å². The van der Waals surface area contributed by atoms with Crippen LogP contribution in [-0.2, 0) is 11.3 Å². The number of hydrogen-bond donors (Lipinski definition) is 1. The van der Waals surface area contributed by atoms with E-state index < -0.39 is 5.60 Å². The molecule has 0 aliphatic carbocycles. The smallest absolute Gasteiger partial charge is 0.410 e. The number of carbonyl (C=O) groups excluding carboxylic acids is 1. The number of rotatable bonds is 7.